The molecule has 1 fully saturated rings. The van der Waals surface area contributed by atoms with Crippen molar-refractivity contribution in [1.29, 1.82) is 0 Å². The number of methoxy groups -OCH3 is 1. The summed E-state index contributed by atoms with van der Waals surface area (Å²) in [4.78, 5) is 14.7. The van der Waals surface area contributed by atoms with E-state index >= 15 is 0 Å². The quantitative estimate of drug-likeness (QED) is 0.795. The molecule has 2 N–H and O–H groups in total. The van der Waals surface area contributed by atoms with E-state index in [0.29, 0.717) is 13.0 Å². The Hall–Kier alpha value is -1.29. The Morgan fingerprint density at radius 2 is 2.44 bits per heavy atom. The van der Waals surface area contributed by atoms with Crippen LogP contribution in [0.5, 0.6) is 0 Å². The van der Waals surface area contributed by atoms with Crippen molar-refractivity contribution in [3.8, 4) is 0 Å². The summed E-state index contributed by atoms with van der Waals surface area (Å²) in [5, 5.41) is 2.90. The van der Waals surface area contributed by atoms with Crippen molar-refractivity contribution in [3.63, 3.8) is 0 Å². The van der Waals surface area contributed by atoms with Gasteiger partial charge in [-0.2, -0.15) is 0 Å². The van der Waals surface area contributed by atoms with E-state index in [4.69, 9.17) is 4.74 Å². The first kappa shape index (κ1) is 11.2. The van der Waals surface area contributed by atoms with Crippen molar-refractivity contribution in [2.24, 2.45) is 0 Å². The van der Waals surface area contributed by atoms with Crippen LogP contribution in [0.25, 0.3) is 0 Å². The minimum absolute atomic E-state index is 0.0720. The second kappa shape index (κ2) is 4.70. The van der Waals surface area contributed by atoms with E-state index in [9.17, 15) is 4.79 Å². The summed E-state index contributed by atoms with van der Waals surface area (Å²) in [7, 11) is 1.69. The fourth-order valence-electron chi connectivity index (χ4n) is 2.05. The Labute approximate surface area is 95.4 Å². The highest BCUT2D eigenvalue weighted by molar-refractivity contribution is 5.77. The van der Waals surface area contributed by atoms with Gasteiger partial charge in [0.1, 0.15) is 0 Å². The number of nitrogens with one attached hydrogen (secondary N) is 2. The maximum atomic E-state index is 11.7. The summed E-state index contributed by atoms with van der Waals surface area (Å²) >= 11 is 0. The number of H-pyrrole nitrogens is 1. The molecule has 4 nitrogen and oxygen atoms in total. The second-order valence-corrected chi connectivity index (χ2v) is 4.41. The topological polar surface area (TPSA) is 54.1 Å². The standard InChI is InChI=1S/C12H18N2O2/c1-16-12(4-2-5-12)7-11(15)14-9-10-3-6-13-8-10/h3,6,8,13H,2,4-5,7,9H2,1H3,(H,14,15). The zero-order chi connectivity index (χ0) is 11.4. The molecule has 0 aliphatic heterocycles. The van der Waals surface area contributed by atoms with Gasteiger partial charge in [0.05, 0.1) is 12.0 Å². The van der Waals surface area contributed by atoms with Gasteiger partial charge in [-0.25, -0.2) is 0 Å². The number of carbonyl (C=O) groups is 1. The SMILES string of the molecule is COC1(CC(=O)NCc2cc[nH]c2)CCC1. The summed E-state index contributed by atoms with van der Waals surface area (Å²) in [6.07, 6.45) is 7.38. The van der Waals surface area contributed by atoms with Crippen molar-refractivity contribution in [3.05, 3.63) is 24.0 Å². The van der Waals surface area contributed by atoms with Crippen LogP contribution in [0.15, 0.2) is 18.5 Å². The van der Waals surface area contributed by atoms with Gasteiger partial charge in [-0.3, -0.25) is 4.79 Å². The molecule has 1 aliphatic carbocycles. The van der Waals surface area contributed by atoms with E-state index in [0.717, 1.165) is 18.4 Å². The molecule has 0 spiro atoms. The smallest absolute Gasteiger partial charge is 0.223 e. The third-order valence-corrected chi connectivity index (χ3v) is 3.33. The van der Waals surface area contributed by atoms with Crippen LogP contribution in [-0.4, -0.2) is 23.6 Å². The Kier molecular flexibility index (Phi) is 3.29. The van der Waals surface area contributed by atoms with Crippen LogP contribution in [0.2, 0.25) is 0 Å². The van der Waals surface area contributed by atoms with Crippen molar-refractivity contribution in [2.45, 2.75) is 37.8 Å². The Morgan fingerprint density at radius 1 is 1.62 bits per heavy atom. The van der Waals surface area contributed by atoms with E-state index in [1.807, 2.05) is 18.5 Å². The normalized spacial score (nSPS) is 17.8. The van der Waals surface area contributed by atoms with Crippen LogP contribution in [0, 0.1) is 0 Å². The Bertz CT molecular complexity index is 336. The van der Waals surface area contributed by atoms with Gasteiger partial charge in [0.25, 0.3) is 0 Å². The van der Waals surface area contributed by atoms with Gasteiger partial charge in [0.15, 0.2) is 0 Å². The van der Waals surface area contributed by atoms with Crippen molar-refractivity contribution >= 4 is 5.91 Å². The molecular weight excluding hydrogens is 204 g/mol. The average Bonchev–Trinajstić information content (AvgIpc) is 2.73. The second-order valence-electron chi connectivity index (χ2n) is 4.41. The molecule has 1 aromatic heterocycles. The Morgan fingerprint density at radius 3 is 2.94 bits per heavy atom. The summed E-state index contributed by atoms with van der Waals surface area (Å²) < 4.78 is 5.41. The summed E-state index contributed by atoms with van der Waals surface area (Å²) in [5.41, 5.74) is 0.913. The molecule has 1 aliphatic rings. The zero-order valence-electron chi connectivity index (χ0n) is 9.58. The van der Waals surface area contributed by atoms with Gasteiger partial charge < -0.3 is 15.0 Å². The lowest BCUT2D eigenvalue weighted by Gasteiger charge is -2.39. The number of hydrogen-bond donors (Lipinski definition) is 2. The third kappa shape index (κ3) is 2.44. The summed E-state index contributed by atoms with van der Waals surface area (Å²) in [6.45, 7) is 0.585. The minimum atomic E-state index is -0.178. The lowest BCUT2D eigenvalue weighted by Crippen LogP contribution is -2.43. The first-order chi connectivity index (χ1) is 7.74. The van der Waals surface area contributed by atoms with Gasteiger partial charge >= 0.3 is 0 Å². The highest BCUT2D eigenvalue weighted by Crippen LogP contribution is 2.37. The van der Waals surface area contributed by atoms with Crippen LogP contribution in [-0.2, 0) is 16.1 Å². The lowest BCUT2D eigenvalue weighted by molar-refractivity contribution is -0.134. The predicted molar refractivity (Wildman–Crippen MR) is 60.8 cm³/mol. The maximum Gasteiger partial charge on any atom is 0.223 e. The lowest BCUT2D eigenvalue weighted by atomic mass is 9.77. The fourth-order valence-corrected chi connectivity index (χ4v) is 2.05. The van der Waals surface area contributed by atoms with Crippen LogP contribution in [0.3, 0.4) is 0 Å². The average molecular weight is 222 g/mol. The summed E-state index contributed by atoms with van der Waals surface area (Å²) in [6, 6.07) is 1.95. The van der Waals surface area contributed by atoms with Crippen molar-refractivity contribution in [1.82, 2.24) is 10.3 Å². The van der Waals surface area contributed by atoms with Crippen LogP contribution in [0.1, 0.15) is 31.2 Å². The molecule has 4 heteroatoms. The number of rotatable bonds is 5. The number of aromatic nitrogens is 1. The largest absolute Gasteiger partial charge is 0.378 e. The van der Waals surface area contributed by atoms with Crippen LogP contribution < -0.4 is 5.32 Å². The van der Waals surface area contributed by atoms with Crippen molar-refractivity contribution < 1.29 is 9.53 Å². The monoisotopic (exact) mass is 222 g/mol. The van der Waals surface area contributed by atoms with Gasteiger partial charge in [-0.15, -0.1) is 0 Å². The zero-order valence-corrected chi connectivity index (χ0v) is 9.58. The number of ether oxygens (including phenoxy) is 1. The molecule has 2 rings (SSSR count). The van der Waals surface area contributed by atoms with Gasteiger partial charge in [0, 0.05) is 26.0 Å². The molecule has 1 aromatic rings. The molecule has 1 saturated carbocycles. The fraction of sp³-hybridized carbons (Fsp3) is 0.583. The molecular formula is C12H18N2O2. The highest BCUT2D eigenvalue weighted by Gasteiger charge is 2.38. The molecule has 0 bridgehead atoms. The molecule has 0 atom stereocenters. The third-order valence-electron chi connectivity index (χ3n) is 3.33. The predicted octanol–water partition coefficient (Wildman–Crippen LogP) is 1.59. The molecule has 0 radical (unpaired) electrons. The van der Waals surface area contributed by atoms with E-state index in [2.05, 4.69) is 10.3 Å². The molecule has 0 aromatic carbocycles. The minimum Gasteiger partial charge on any atom is -0.378 e. The molecule has 0 unspecified atom stereocenters. The number of hydrogen-bond acceptors (Lipinski definition) is 2. The number of amides is 1. The maximum absolute atomic E-state index is 11.7. The first-order valence-corrected chi connectivity index (χ1v) is 5.68. The van der Waals surface area contributed by atoms with Crippen molar-refractivity contribution in [2.75, 3.05) is 7.11 Å². The molecule has 1 heterocycles. The number of carbonyl (C=O) groups excluding carboxylic acids is 1. The Balaban J connectivity index is 1.76. The molecule has 1 amide bonds. The van der Waals surface area contributed by atoms with Crippen LogP contribution >= 0.6 is 0 Å². The van der Waals surface area contributed by atoms with Crippen LogP contribution in [0.4, 0.5) is 0 Å². The van der Waals surface area contributed by atoms with Gasteiger partial charge in [0.2, 0.25) is 5.91 Å². The van der Waals surface area contributed by atoms with Gasteiger partial charge in [-0.1, -0.05) is 0 Å². The van der Waals surface area contributed by atoms with E-state index in [1.54, 1.807) is 7.11 Å². The molecule has 88 valence electrons. The van der Waals surface area contributed by atoms with E-state index in [1.165, 1.54) is 6.42 Å². The molecule has 0 saturated heterocycles. The van der Waals surface area contributed by atoms with E-state index in [-0.39, 0.29) is 11.5 Å². The first-order valence-electron chi connectivity index (χ1n) is 5.68. The van der Waals surface area contributed by atoms with E-state index < -0.39 is 0 Å². The van der Waals surface area contributed by atoms with Gasteiger partial charge in [-0.05, 0) is 30.9 Å². The highest BCUT2D eigenvalue weighted by atomic mass is 16.5. The molecule has 16 heavy (non-hydrogen) atoms. The number of aromatic amines is 1. The summed E-state index contributed by atoms with van der Waals surface area (Å²) in [5.74, 6) is 0.0720.